The first-order chi connectivity index (χ1) is 5.45. The van der Waals surface area contributed by atoms with Gasteiger partial charge in [0.25, 0.3) is 0 Å². The van der Waals surface area contributed by atoms with Crippen LogP contribution in [0.5, 0.6) is 6.08 Å². The molecule has 0 N–H and O–H groups in total. The predicted octanol–water partition coefficient (Wildman–Crippen LogP) is 2.59. The van der Waals surface area contributed by atoms with E-state index >= 15 is 0 Å². The highest BCUT2D eigenvalue weighted by Crippen LogP contribution is 2.29. The smallest absolute Gasteiger partial charge is 0.394 e. The van der Waals surface area contributed by atoms with Gasteiger partial charge in [-0.2, -0.15) is 4.98 Å². The van der Waals surface area contributed by atoms with Crippen molar-refractivity contribution in [1.82, 2.24) is 4.98 Å². The van der Waals surface area contributed by atoms with Crippen LogP contribution in [-0.4, -0.2) is 12.1 Å². The van der Waals surface area contributed by atoms with Gasteiger partial charge in [-0.05, 0) is 0 Å². The van der Waals surface area contributed by atoms with Gasteiger partial charge in [0.15, 0.2) is 3.77 Å². The summed E-state index contributed by atoms with van der Waals surface area (Å²) in [5.74, 6) is 0. The van der Waals surface area contributed by atoms with E-state index in [0.717, 1.165) is 9.46 Å². The fourth-order valence-electron chi connectivity index (χ4n) is 0.833. The van der Waals surface area contributed by atoms with E-state index < -0.39 is 0 Å². The molecule has 0 saturated heterocycles. The lowest BCUT2D eigenvalue weighted by molar-refractivity contribution is 0.283. The van der Waals surface area contributed by atoms with Gasteiger partial charge >= 0.3 is 6.08 Å². The Bertz CT molecular complexity index is 275. The van der Waals surface area contributed by atoms with Crippen molar-refractivity contribution in [3.63, 3.8) is 0 Å². The van der Waals surface area contributed by atoms with Crippen molar-refractivity contribution in [3.8, 4) is 6.08 Å². The van der Waals surface area contributed by atoms with Crippen LogP contribution in [0.3, 0.4) is 0 Å². The monoisotopic (exact) mass is 281 g/mol. The average molecular weight is 281 g/mol. The summed E-state index contributed by atoms with van der Waals surface area (Å²) in [5, 5.41) is 0. The zero-order valence-corrected chi connectivity index (χ0v) is 9.80. The molecule has 12 heavy (non-hydrogen) atoms. The molecule has 4 heteroatoms. The number of aromatic nitrogens is 1. The maximum absolute atomic E-state index is 5.24. The standard InChI is InChI=1S/C8H12INO2/c1-8(2,3)5-6(9)12-7(10-5)11-4/h1-4H3. The highest BCUT2D eigenvalue weighted by molar-refractivity contribution is 14.1. The molecule has 1 rings (SSSR count). The molecule has 0 bridgehead atoms. The van der Waals surface area contributed by atoms with Gasteiger partial charge in [-0.1, -0.05) is 20.8 Å². The number of oxazole rings is 1. The molecule has 0 radical (unpaired) electrons. The van der Waals surface area contributed by atoms with Gasteiger partial charge in [0.05, 0.1) is 7.11 Å². The molecule has 1 aromatic heterocycles. The first kappa shape index (κ1) is 9.83. The fraction of sp³-hybridized carbons (Fsp3) is 0.625. The lowest BCUT2D eigenvalue weighted by Gasteiger charge is -2.13. The van der Waals surface area contributed by atoms with Crippen LogP contribution in [0, 0.1) is 3.77 Å². The van der Waals surface area contributed by atoms with E-state index in [4.69, 9.17) is 9.15 Å². The third kappa shape index (κ3) is 1.91. The van der Waals surface area contributed by atoms with E-state index in [2.05, 4.69) is 48.3 Å². The van der Waals surface area contributed by atoms with Gasteiger partial charge in [0.1, 0.15) is 5.69 Å². The number of ether oxygens (including phenoxy) is 1. The molecule has 68 valence electrons. The maximum Gasteiger partial charge on any atom is 0.394 e. The van der Waals surface area contributed by atoms with Crippen LogP contribution in [0.25, 0.3) is 0 Å². The Morgan fingerprint density at radius 3 is 2.25 bits per heavy atom. The number of nitrogens with zero attached hydrogens (tertiary/aromatic N) is 1. The van der Waals surface area contributed by atoms with Crippen LogP contribution in [0.1, 0.15) is 26.5 Å². The summed E-state index contributed by atoms with van der Waals surface area (Å²) in [6.07, 6.45) is 0.337. The summed E-state index contributed by atoms with van der Waals surface area (Å²) >= 11 is 2.12. The van der Waals surface area contributed by atoms with E-state index in [1.165, 1.54) is 0 Å². The van der Waals surface area contributed by atoms with Crippen molar-refractivity contribution in [2.75, 3.05) is 7.11 Å². The van der Waals surface area contributed by atoms with E-state index in [9.17, 15) is 0 Å². The molecule has 0 aliphatic heterocycles. The second kappa shape index (κ2) is 3.24. The van der Waals surface area contributed by atoms with Gasteiger partial charge in [-0.15, -0.1) is 0 Å². The van der Waals surface area contributed by atoms with Crippen LogP contribution in [0.15, 0.2) is 4.42 Å². The minimum absolute atomic E-state index is 0.0107. The second-order valence-corrected chi connectivity index (χ2v) is 4.54. The zero-order chi connectivity index (χ0) is 9.35. The highest BCUT2D eigenvalue weighted by atomic mass is 127. The molecule has 0 aromatic carbocycles. The quantitative estimate of drug-likeness (QED) is 0.742. The number of rotatable bonds is 1. The van der Waals surface area contributed by atoms with Crippen molar-refractivity contribution in [2.24, 2.45) is 0 Å². The van der Waals surface area contributed by atoms with Gasteiger partial charge in [0, 0.05) is 28.0 Å². The van der Waals surface area contributed by atoms with Crippen LogP contribution in [0.2, 0.25) is 0 Å². The molecule has 0 amide bonds. The molecule has 0 spiro atoms. The topological polar surface area (TPSA) is 35.3 Å². The largest absolute Gasteiger partial charge is 0.453 e. The number of methoxy groups -OCH3 is 1. The van der Waals surface area contributed by atoms with E-state index in [0.29, 0.717) is 6.08 Å². The SMILES string of the molecule is COc1nc(C(C)(C)C)c(I)o1. The number of hydrogen-bond donors (Lipinski definition) is 0. The molecule has 0 aliphatic rings. The summed E-state index contributed by atoms with van der Waals surface area (Å²) < 4.78 is 10.9. The average Bonchev–Trinajstić information content (AvgIpc) is 2.29. The summed E-state index contributed by atoms with van der Waals surface area (Å²) in [4.78, 5) is 4.20. The zero-order valence-electron chi connectivity index (χ0n) is 7.64. The van der Waals surface area contributed by atoms with E-state index in [1.54, 1.807) is 7.11 Å². The van der Waals surface area contributed by atoms with Gasteiger partial charge in [-0.25, -0.2) is 0 Å². The normalized spacial score (nSPS) is 11.8. The Balaban J connectivity index is 3.08. The predicted molar refractivity (Wildman–Crippen MR) is 54.5 cm³/mol. The molecule has 1 aromatic rings. The minimum atomic E-state index is 0.0107. The van der Waals surface area contributed by atoms with Crippen molar-refractivity contribution >= 4 is 22.6 Å². The molecule has 0 aliphatic carbocycles. The Morgan fingerprint density at radius 1 is 1.42 bits per heavy atom. The minimum Gasteiger partial charge on any atom is -0.453 e. The van der Waals surface area contributed by atoms with Crippen molar-refractivity contribution in [2.45, 2.75) is 26.2 Å². The molecule has 3 nitrogen and oxygen atoms in total. The Kier molecular flexibility index (Phi) is 2.65. The van der Waals surface area contributed by atoms with Crippen LogP contribution in [-0.2, 0) is 5.41 Å². The number of hydrogen-bond acceptors (Lipinski definition) is 3. The third-order valence-corrected chi connectivity index (χ3v) is 2.18. The lowest BCUT2D eigenvalue weighted by atomic mass is 9.93. The third-order valence-electron chi connectivity index (χ3n) is 1.45. The van der Waals surface area contributed by atoms with E-state index in [-0.39, 0.29) is 5.41 Å². The first-order valence-electron chi connectivity index (χ1n) is 3.66. The van der Waals surface area contributed by atoms with Gasteiger partial charge in [0.2, 0.25) is 0 Å². The Labute approximate surface area is 85.6 Å². The Morgan fingerprint density at radius 2 is 2.00 bits per heavy atom. The molecular formula is C8H12INO2. The first-order valence-corrected chi connectivity index (χ1v) is 4.74. The van der Waals surface area contributed by atoms with E-state index in [1.807, 2.05) is 0 Å². The fourth-order valence-corrected chi connectivity index (χ4v) is 1.95. The molecule has 0 unspecified atom stereocenters. The summed E-state index contributed by atoms with van der Waals surface area (Å²) in [6, 6.07) is 0. The van der Waals surface area contributed by atoms with Crippen molar-refractivity contribution < 1.29 is 9.15 Å². The lowest BCUT2D eigenvalue weighted by Crippen LogP contribution is -2.13. The maximum atomic E-state index is 5.24. The summed E-state index contributed by atoms with van der Waals surface area (Å²) in [5.41, 5.74) is 0.955. The Hall–Kier alpha value is -0.260. The highest BCUT2D eigenvalue weighted by Gasteiger charge is 2.23. The summed E-state index contributed by atoms with van der Waals surface area (Å²) in [6.45, 7) is 6.27. The molecule has 0 saturated carbocycles. The van der Waals surface area contributed by atoms with Crippen LogP contribution >= 0.6 is 22.6 Å². The van der Waals surface area contributed by atoms with Gasteiger partial charge < -0.3 is 9.15 Å². The van der Waals surface area contributed by atoms with Crippen LogP contribution < -0.4 is 4.74 Å². The molecule has 1 heterocycles. The summed E-state index contributed by atoms with van der Waals surface area (Å²) in [7, 11) is 1.55. The molecule has 0 atom stereocenters. The van der Waals surface area contributed by atoms with Crippen molar-refractivity contribution in [1.29, 1.82) is 0 Å². The molecular weight excluding hydrogens is 269 g/mol. The molecule has 0 fully saturated rings. The number of halogens is 1. The van der Waals surface area contributed by atoms with Crippen LogP contribution in [0.4, 0.5) is 0 Å². The van der Waals surface area contributed by atoms with Crippen molar-refractivity contribution in [3.05, 3.63) is 9.46 Å². The second-order valence-electron chi connectivity index (χ2n) is 3.56. The van der Waals surface area contributed by atoms with Gasteiger partial charge in [-0.3, -0.25) is 0 Å².